The average Bonchev–Trinajstić information content (AvgIpc) is 2.46. The quantitative estimate of drug-likeness (QED) is 0.874. The van der Waals surface area contributed by atoms with Gasteiger partial charge in [0.15, 0.2) is 0 Å². The average molecular weight is 318 g/mol. The Morgan fingerprint density at radius 1 is 1.26 bits per heavy atom. The third-order valence-electron chi connectivity index (χ3n) is 4.50. The van der Waals surface area contributed by atoms with Crippen LogP contribution in [0.3, 0.4) is 0 Å². The van der Waals surface area contributed by atoms with Gasteiger partial charge in [-0.25, -0.2) is 0 Å². The molecular formula is C19H30N2O2. The number of benzene rings is 1. The summed E-state index contributed by atoms with van der Waals surface area (Å²) in [5, 5.41) is 6.50. The van der Waals surface area contributed by atoms with Crippen LogP contribution in [0, 0.1) is 5.41 Å². The van der Waals surface area contributed by atoms with Crippen molar-refractivity contribution in [3.8, 4) is 5.75 Å². The maximum atomic E-state index is 12.6. The van der Waals surface area contributed by atoms with Gasteiger partial charge in [-0.1, -0.05) is 26.0 Å². The fraction of sp³-hybridized carbons (Fsp3) is 0.632. The molecule has 0 radical (unpaired) electrons. The Morgan fingerprint density at radius 3 is 2.48 bits per heavy atom. The molecule has 0 saturated carbocycles. The van der Waals surface area contributed by atoms with Gasteiger partial charge in [0.2, 0.25) is 5.91 Å². The normalized spacial score (nSPS) is 21.7. The van der Waals surface area contributed by atoms with Crippen molar-refractivity contribution in [3.05, 3.63) is 29.8 Å². The lowest BCUT2D eigenvalue weighted by molar-refractivity contribution is -0.127. The van der Waals surface area contributed by atoms with E-state index in [0.29, 0.717) is 0 Å². The van der Waals surface area contributed by atoms with Gasteiger partial charge in [-0.15, -0.1) is 0 Å². The molecule has 1 aliphatic heterocycles. The Kier molecular flexibility index (Phi) is 5.69. The van der Waals surface area contributed by atoms with Gasteiger partial charge in [-0.2, -0.15) is 0 Å². The second kappa shape index (κ2) is 7.35. The van der Waals surface area contributed by atoms with Crippen LogP contribution in [0.15, 0.2) is 24.3 Å². The zero-order valence-electron chi connectivity index (χ0n) is 15.0. The molecule has 1 aromatic carbocycles. The molecule has 1 saturated heterocycles. The molecule has 0 aromatic heterocycles. The molecule has 1 heterocycles. The van der Waals surface area contributed by atoms with E-state index in [-0.39, 0.29) is 29.5 Å². The number of ether oxygens (including phenoxy) is 1. The molecule has 2 N–H and O–H groups in total. The summed E-state index contributed by atoms with van der Waals surface area (Å²) in [5.41, 5.74) is 1.08. The van der Waals surface area contributed by atoms with Crippen molar-refractivity contribution in [1.82, 2.24) is 10.6 Å². The van der Waals surface area contributed by atoms with Crippen LogP contribution in [-0.2, 0) is 4.79 Å². The van der Waals surface area contributed by atoms with Gasteiger partial charge in [0.1, 0.15) is 5.75 Å². The Bertz CT molecular complexity index is 523. The first-order chi connectivity index (χ1) is 10.8. The van der Waals surface area contributed by atoms with Crippen molar-refractivity contribution < 1.29 is 9.53 Å². The Morgan fingerprint density at radius 2 is 1.91 bits per heavy atom. The van der Waals surface area contributed by atoms with Gasteiger partial charge >= 0.3 is 0 Å². The van der Waals surface area contributed by atoms with E-state index in [9.17, 15) is 4.79 Å². The van der Waals surface area contributed by atoms with Crippen molar-refractivity contribution in [3.63, 3.8) is 0 Å². The minimum atomic E-state index is -0.123. The molecule has 1 aromatic rings. The van der Waals surface area contributed by atoms with Gasteiger partial charge in [0, 0.05) is 0 Å². The monoisotopic (exact) mass is 318 g/mol. The van der Waals surface area contributed by atoms with Crippen molar-refractivity contribution in [2.75, 3.05) is 6.54 Å². The number of rotatable bonds is 5. The van der Waals surface area contributed by atoms with Gasteiger partial charge in [0.05, 0.1) is 18.2 Å². The fourth-order valence-electron chi connectivity index (χ4n) is 3.15. The highest BCUT2D eigenvalue weighted by Gasteiger charge is 2.37. The number of amides is 1. The second-order valence-electron chi connectivity index (χ2n) is 7.45. The highest BCUT2D eigenvalue weighted by Crippen LogP contribution is 2.30. The minimum absolute atomic E-state index is 0.00296. The summed E-state index contributed by atoms with van der Waals surface area (Å²) in [4.78, 5) is 12.6. The maximum absolute atomic E-state index is 12.6. The fourth-order valence-corrected chi connectivity index (χ4v) is 3.15. The lowest BCUT2D eigenvalue weighted by Crippen LogP contribution is -2.55. The summed E-state index contributed by atoms with van der Waals surface area (Å²) < 4.78 is 5.66. The van der Waals surface area contributed by atoms with Crippen molar-refractivity contribution in [2.24, 2.45) is 5.41 Å². The standard InChI is InChI=1S/C19H30N2O2/c1-13(2)23-16-9-7-15(8-10-16)14(3)21-18(22)17-19(4,5)11-6-12-20-17/h7-10,13-14,17,20H,6,11-12H2,1-5H3,(H,21,22). The van der Waals surface area contributed by atoms with Crippen LogP contribution in [-0.4, -0.2) is 24.6 Å². The second-order valence-corrected chi connectivity index (χ2v) is 7.45. The highest BCUT2D eigenvalue weighted by molar-refractivity contribution is 5.83. The van der Waals surface area contributed by atoms with E-state index in [1.54, 1.807) is 0 Å². The van der Waals surface area contributed by atoms with Gasteiger partial charge < -0.3 is 15.4 Å². The molecule has 23 heavy (non-hydrogen) atoms. The lowest BCUT2D eigenvalue weighted by Gasteiger charge is -2.38. The topological polar surface area (TPSA) is 50.4 Å². The van der Waals surface area contributed by atoms with Crippen LogP contribution in [0.25, 0.3) is 0 Å². The van der Waals surface area contributed by atoms with Crippen molar-refractivity contribution in [1.29, 1.82) is 0 Å². The summed E-state index contributed by atoms with van der Waals surface area (Å²) >= 11 is 0. The van der Waals surface area contributed by atoms with Crippen LogP contribution in [0.1, 0.15) is 59.1 Å². The van der Waals surface area contributed by atoms with E-state index >= 15 is 0 Å². The third kappa shape index (κ3) is 4.71. The minimum Gasteiger partial charge on any atom is -0.491 e. The van der Waals surface area contributed by atoms with Crippen LogP contribution < -0.4 is 15.4 Å². The molecule has 2 unspecified atom stereocenters. The maximum Gasteiger partial charge on any atom is 0.238 e. The zero-order chi connectivity index (χ0) is 17.0. The van der Waals surface area contributed by atoms with Crippen molar-refractivity contribution in [2.45, 2.75) is 65.6 Å². The van der Waals surface area contributed by atoms with Crippen LogP contribution in [0.4, 0.5) is 0 Å². The largest absolute Gasteiger partial charge is 0.491 e. The predicted molar refractivity (Wildman–Crippen MR) is 93.6 cm³/mol. The van der Waals surface area contributed by atoms with Crippen LogP contribution >= 0.6 is 0 Å². The molecule has 0 bridgehead atoms. The molecule has 0 spiro atoms. The Balaban J connectivity index is 1.98. The number of carbonyl (C=O) groups is 1. The number of carbonyl (C=O) groups excluding carboxylic acids is 1. The van der Waals surface area contributed by atoms with Crippen LogP contribution in [0.2, 0.25) is 0 Å². The van der Waals surface area contributed by atoms with E-state index < -0.39 is 0 Å². The molecular weight excluding hydrogens is 288 g/mol. The smallest absolute Gasteiger partial charge is 0.238 e. The SMILES string of the molecule is CC(C)Oc1ccc(C(C)NC(=O)C2NCCCC2(C)C)cc1. The summed E-state index contributed by atoms with van der Waals surface area (Å²) in [5.74, 6) is 0.946. The van der Waals surface area contributed by atoms with Gasteiger partial charge in [-0.05, 0) is 63.3 Å². The molecule has 4 nitrogen and oxygen atoms in total. The summed E-state index contributed by atoms with van der Waals surface area (Å²) in [6.45, 7) is 11.3. The van der Waals surface area contributed by atoms with Crippen molar-refractivity contribution >= 4 is 5.91 Å². The molecule has 128 valence electrons. The summed E-state index contributed by atoms with van der Waals surface area (Å²) in [6, 6.07) is 7.81. The Hall–Kier alpha value is -1.55. The third-order valence-corrected chi connectivity index (χ3v) is 4.50. The number of nitrogens with one attached hydrogen (secondary N) is 2. The lowest BCUT2D eigenvalue weighted by atomic mass is 9.77. The number of piperidine rings is 1. The van der Waals surface area contributed by atoms with Gasteiger partial charge in [-0.3, -0.25) is 4.79 Å². The predicted octanol–water partition coefficient (Wildman–Crippen LogP) is 3.43. The van der Waals surface area contributed by atoms with E-state index in [1.165, 1.54) is 0 Å². The molecule has 2 atom stereocenters. The zero-order valence-corrected chi connectivity index (χ0v) is 15.0. The summed E-state index contributed by atoms with van der Waals surface area (Å²) in [7, 11) is 0. The van der Waals surface area contributed by atoms with E-state index in [4.69, 9.17) is 4.74 Å². The first kappa shape index (κ1) is 17.8. The Labute approximate surface area is 140 Å². The highest BCUT2D eigenvalue weighted by atomic mass is 16.5. The molecule has 4 heteroatoms. The van der Waals surface area contributed by atoms with E-state index in [2.05, 4.69) is 24.5 Å². The first-order valence-corrected chi connectivity index (χ1v) is 8.60. The van der Waals surface area contributed by atoms with Gasteiger partial charge in [0.25, 0.3) is 0 Å². The van der Waals surface area contributed by atoms with E-state index in [1.807, 2.05) is 45.0 Å². The first-order valence-electron chi connectivity index (χ1n) is 8.60. The molecule has 2 rings (SSSR count). The molecule has 1 fully saturated rings. The molecule has 0 aliphatic carbocycles. The van der Waals surface area contributed by atoms with Crippen LogP contribution in [0.5, 0.6) is 5.75 Å². The van der Waals surface area contributed by atoms with E-state index in [0.717, 1.165) is 30.7 Å². The number of hydrogen-bond acceptors (Lipinski definition) is 3. The summed E-state index contributed by atoms with van der Waals surface area (Å²) in [6.07, 6.45) is 2.37. The number of hydrogen-bond donors (Lipinski definition) is 2. The molecule has 1 amide bonds. The molecule has 1 aliphatic rings.